The van der Waals surface area contributed by atoms with Crippen LogP contribution in [0.25, 0.3) is 0 Å². The molecule has 1 spiro atoms. The van der Waals surface area contributed by atoms with Crippen LogP contribution < -0.4 is 0 Å². The molecule has 0 radical (unpaired) electrons. The SMILES string of the molecule is C[C@@H]1CC[C@@]2(OC1)O[C@H]1C[C@H]3[C@@H]4CC[C@H]5C[C@@H](O)[14CH2]C[C@]5(C)[C@H]4C(=O)C[C@]3(C)[C@H]1[C@@H]2C. The lowest BCUT2D eigenvalue weighted by atomic mass is 9.45. The third-order valence-corrected chi connectivity index (χ3v) is 11.6. The molecule has 31 heavy (non-hydrogen) atoms. The molecule has 6 aliphatic rings. The molecule has 0 amide bonds. The van der Waals surface area contributed by atoms with Gasteiger partial charge in [0.05, 0.1) is 18.8 Å². The lowest BCUT2D eigenvalue weighted by Gasteiger charge is -2.60. The van der Waals surface area contributed by atoms with E-state index in [1.807, 2.05) is 0 Å². The number of fused-ring (bicyclic) bond motifs is 7. The number of rotatable bonds is 0. The van der Waals surface area contributed by atoms with Crippen LogP contribution in [0.4, 0.5) is 0 Å². The van der Waals surface area contributed by atoms with Crippen molar-refractivity contribution in [3.8, 4) is 0 Å². The first-order valence-electron chi connectivity index (χ1n) is 13.2. The minimum Gasteiger partial charge on any atom is -0.393 e. The molecule has 0 bridgehead atoms. The van der Waals surface area contributed by atoms with Crippen LogP contribution in [0.1, 0.15) is 85.5 Å². The molecule has 6 fully saturated rings. The van der Waals surface area contributed by atoms with Crippen LogP contribution in [0, 0.1) is 52.3 Å². The molecule has 4 aliphatic carbocycles. The van der Waals surface area contributed by atoms with Gasteiger partial charge in [-0.15, -0.1) is 0 Å². The van der Waals surface area contributed by atoms with Crippen LogP contribution in [0.5, 0.6) is 0 Å². The van der Waals surface area contributed by atoms with Gasteiger partial charge in [0, 0.05) is 24.7 Å². The van der Waals surface area contributed by atoms with Crippen molar-refractivity contribution in [2.45, 2.75) is 103 Å². The number of ether oxygens (including phenoxy) is 2. The molecule has 2 aliphatic heterocycles. The molecule has 4 saturated carbocycles. The number of aliphatic hydroxyl groups excluding tert-OH is 1. The van der Waals surface area contributed by atoms with Crippen molar-refractivity contribution >= 4 is 5.78 Å². The van der Waals surface area contributed by atoms with Gasteiger partial charge in [-0.1, -0.05) is 27.7 Å². The maximum atomic E-state index is 13.9. The Kier molecular flexibility index (Phi) is 4.62. The number of hydrogen-bond acceptors (Lipinski definition) is 4. The molecule has 1 N–H and O–H groups in total. The molecular formula is C27H42O4. The van der Waals surface area contributed by atoms with Crippen LogP contribution in [0.2, 0.25) is 0 Å². The van der Waals surface area contributed by atoms with Crippen LogP contribution in [0.3, 0.4) is 0 Å². The van der Waals surface area contributed by atoms with Crippen LogP contribution in [-0.4, -0.2) is 35.5 Å². The Hall–Kier alpha value is -0.450. The Balaban J connectivity index is 1.30. The highest BCUT2D eigenvalue weighted by atomic mass is 16.7. The van der Waals surface area contributed by atoms with Gasteiger partial charge in [-0.2, -0.15) is 0 Å². The quantitative estimate of drug-likeness (QED) is 0.587. The largest absolute Gasteiger partial charge is 0.393 e. The van der Waals surface area contributed by atoms with Crippen molar-refractivity contribution < 1.29 is 19.4 Å². The number of carbonyl (C=O) groups excluding carboxylic acids is 1. The van der Waals surface area contributed by atoms with E-state index in [1.165, 1.54) is 12.8 Å². The number of carbonyl (C=O) groups is 1. The van der Waals surface area contributed by atoms with Gasteiger partial charge in [0.15, 0.2) is 5.79 Å². The van der Waals surface area contributed by atoms with E-state index in [0.717, 1.165) is 51.6 Å². The first-order valence-corrected chi connectivity index (χ1v) is 13.2. The predicted molar refractivity (Wildman–Crippen MR) is 118 cm³/mol. The number of Topliss-reactive ketones (excluding diaryl/α,β-unsaturated/α-hetero) is 1. The Labute approximate surface area is 187 Å². The fourth-order valence-corrected chi connectivity index (χ4v) is 10.1. The summed E-state index contributed by atoms with van der Waals surface area (Å²) >= 11 is 0. The van der Waals surface area contributed by atoms with Crippen molar-refractivity contribution in [3.63, 3.8) is 0 Å². The van der Waals surface area contributed by atoms with E-state index in [1.54, 1.807) is 0 Å². The zero-order valence-electron chi connectivity index (χ0n) is 19.9. The summed E-state index contributed by atoms with van der Waals surface area (Å²) in [6, 6.07) is 0. The van der Waals surface area contributed by atoms with E-state index in [-0.39, 0.29) is 29.0 Å². The van der Waals surface area contributed by atoms with Crippen LogP contribution in [0.15, 0.2) is 0 Å². The highest BCUT2D eigenvalue weighted by Crippen LogP contribution is 2.70. The van der Waals surface area contributed by atoms with Gasteiger partial charge < -0.3 is 14.6 Å². The minimum absolute atomic E-state index is 0.0512. The summed E-state index contributed by atoms with van der Waals surface area (Å²) in [6.07, 6.45) is 9.26. The van der Waals surface area contributed by atoms with Crippen molar-refractivity contribution in [2.24, 2.45) is 52.3 Å². The normalized spacial score (nSPS) is 60.9. The lowest BCUT2D eigenvalue weighted by molar-refractivity contribution is -0.272. The second kappa shape index (κ2) is 6.79. The van der Waals surface area contributed by atoms with Gasteiger partial charge in [0.25, 0.3) is 0 Å². The van der Waals surface area contributed by atoms with Gasteiger partial charge in [-0.3, -0.25) is 4.79 Å². The molecule has 2 heterocycles. The van der Waals surface area contributed by atoms with Gasteiger partial charge in [0.1, 0.15) is 5.78 Å². The lowest BCUT2D eigenvalue weighted by Crippen LogP contribution is -2.58. The number of ketones is 1. The zero-order valence-corrected chi connectivity index (χ0v) is 19.9. The number of hydrogen-bond donors (Lipinski definition) is 1. The summed E-state index contributed by atoms with van der Waals surface area (Å²) in [6.45, 7) is 10.2. The fourth-order valence-electron chi connectivity index (χ4n) is 10.1. The average molecular weight is 433 g/mol. The monoisotopic (exact) mass is 432 g/mol. The van der Waals surface area contributed by atoms with Gasteiger partial charge in [0.2, 0.25) is 0 Å². The summed E-state index contributed by atoms with van der Waals surface area (Å²) in [5.74, 6) is 3.36. The molecule has 0 aromatic carbocycles. The average Bonchev–Trinajstić information content (AvgIpc) is 3.15. The molecule has 0 unspecified atom stereocenters. The van der Waals surface area contributed by atoms with Crippen molar-refractivity contribution in [1.29, 1.82) is 0 Å². The fraction of sp³-hybridized carbons (Fsp3) is 0.963. The Morgan fingerprint density at radius 2 is 1.90 bits per heavy atom. The van der Waals surface area contributed by atoms with Gasteiger partial charge >= 0.3 is 0 Å². The summed E-state index contributed by atoms with van der Waals surface area (Å²) in [5.41, 5.74) is 0.143. The molecule has 4 heteroatoms. The standard InChI is InChI=1S/C27H42O4/c1-15-7-10-27(30-14-15)16(2)23-22(31-27)12-20-19-6-5-17-11-18(28)8-9-25(17,3)24(19)21(29)13-26(20,23)4/h15-20,22-24,28H,5-14H2,1-4H3/t15-,16+,17+,18+,19+,20+,22+,23+,24-,25+,26+,27-/m1/s1/i8+2. The zero-order chi connectivity index (χ0) is 21.8. The third kappa shape index (κ3) is 2.74. The predicted octanol–water partition coefficient (Wildman–Crippen LogP) is 4.97. The summed E-state index contributed by atoms with van der Waals surface area (Å²) < 4.78 is 13.2. The van der Waals surface area contributed by atoms with Crippen LogP contribution in [-0.2, 0) is 14.3 Å². The highest BCUT2D eigenvalue weighted by Gasteiger charge is 2.70. The van der Waals surface area contributed by atoms with Crippen LogP contribution >= 0.6 is 0 Å². The molecule has 4 nitrogen and oxygen atoms in total. The highest BCUT2D eigenvalue weighted by molar-refractivity contribution is 5.84. The van der Waals surface area contributed by atoms with Crippen molar-refractivity contribution in [1.82, 2.24) is 0 Å². The molecular weight excluding hydrogens is 390 g/mol. The Bertz CT molecular complexity index is 756. The second-order valence-corrected chi connectivity index (χ2v) is 13.1. The van der Waals surface area contributed by atoms with Crippen molar-refractivity contribution in [3.05, 3.63) is 0 Å². The van der Waals surface area contributed by atoms with E-state index >= 15 is 0 Å². The van der Waals surface area contributed by atoms with E-state index in [9.17, 15) is 9.90 Å². The van der Waals surface area contributed by atoms with E-state index in [4.69, 9.17) is 9.47 Å². The topological polar surface area (TPSA) is 55.8 Å². The molecule has 0 aromatic heterocycles. The van der Waals surface area contributed by atoms with E-state index in [0.29, 0.717) is 41.3 Å². The Morgan fingerprint density at radius 3 is 2.65 bits per heavy atom. The summed E-state index contributed by atoms with van der Waals surface area (Å²) in [7, 11) is 0. The van der Waals surface area contributed by atoms with E-state index in [2.05, 4.69) is 27.7 Å². The molecule has 0 aromatic rings. The first kappa shape index (κ1) is 21.1. The molecule has 174 valence electrons. The second-order valence-electron chi connectivity index (χ2n) is 13.1. The maximum absolute atomic E-state index is 13.9. The van der Waals surface area contributed by atoms with Gasteiger partial charge in [-0.25, -0.2) is 0 Å². The Morgan fingerprint density at radius 1 is 1.10 bits per heavy atom. The maximum Gasteiger partial charge on any atom is 0.171 e. The smallest absolute Gasteiger partial charge is 0.171 e. The van der Waals surface area contributed by atoms with E-state index < -0.39 is 5.79 Å². The number of aliphatic hydroxyl groups is 1. The van der Waals surface area contributed by atoms with Crippen molar-refractivity contribution in [2.75, 3.05) is 6.61 Å². The molecule has 2 saturated heterocycles. The van der Waals surface area contributed by atoms with Gasteiger partial charge in [-0.05, 0) is 85.4 Å². The molecule has 6 rings (SSSR count). The summed E-state index contributed by atoms with van der Waals surface area (Å²) in [4.78, 5) is 13.9. The first-order chi connectivity index (χ1) is 14.7. The minimum atomic E-state index is -0.404. The molecule has 12 atom stereocenters. The third-order valence-electron chi connectivity index (χ3n) is 11.6. The summed E-state index contributed by atoms with van der Waals surface area (Å²) in [5, 5.41) is 10.3.